The van der Waals surface area contributed by atoms with Crippen LogP contribution in [-0.4, -0.2) is 9.55 Å². The number of rotatable bonds is 1. The second-order valence-corrected chi connectivity index (χ2v) is 3.96. The molecule has 72 valence electrons. The first-order valence-corrected chi connectivity index (χ1v) is 4.99. The van der Waals surface area contributed by atoms with Gasteiger partial charge in [-0.2, -0.15) is 0 Å². The van der Waals surface area contributed by atoms with E-state index in [1.807, 2.05) is 22.6 Å². The van der Waals surface area contributed by atoms with Crippen molar-refractivity contribution in [3.05, 3.63) is 40.2 Å². The molecule has 0 saturated heterocycles. The summed E-state index contributed by atoms with van der Waals surface area (Å²) in [5, 5.41) is 0. The number of hydrogen-bond acceptors (Lipinski definition) is 2. The largest absolute Gasteiger partial charge is 0.397 e. The molecular formula is C9H7FIN3. The Morgan fingerprint density at radius 1 is 1.43 bits per heavy atom. The molecule has 0 saturated carbocycles. The molecule has 0 spiro atoms. The molecule has 3 nitrogen and oxygen atoms in total. The molecule has 2 aromatic rings. The lowest BCUT2D eigenvalue weighted by Crippen LogP contribution is -1.99. The molecule has 0 aliphatic heterocycles. The third kappa shape index (κ3) is 1.59. The summed E-state index contributed by atoms with van der Waals surface area (Å²) in [6.07, 6.45) is 4.92. The number of nitrogens with two attached hydrogens (primary N) is 1. The fourth-order valence-electron chi connectivity index (χ4n) is 1.18. The highest BCUT2D eigenvalue weighted by atomic mass is 127. The van der Waals surface area contributed by atoms with Crippen LogP contribution >= 0.6 is 22.6 Å². The van der Waals surface area contributed by atoms with Crippen LogP contribution in [0.3, 0.4) is 0 Å². The number of benzene rings is 1. The highest BCUT2D eigenvalue weighted by Gasteiger charge is 2.06. The Morgan fingerprint density at radius 2 is 2.21 bits per heavy atom. The monoisotopic (exact) mass is 303 g/mol. The molecule has 0 bridgehead atoms. The second kappa shape index (κ2) is 3.56. The fraction of sp³-hybridized carbons (Fsp3) is 0. The van der Waals surface area contributed by atoms with Gasteiger partial charge in [0.2, 0.25) is 0 Å². The molecule has 1 aromatic heterocycles. The highest BCUT2D eigenvalue weighted by molar-refractivity contribution is 14.1. The molecule has 0 fully saturated rings. The Kier molecular flexibility index (Phi) is 2.40. The van der Waals surface area contributed by atoms with Gasteiger partial charge in [0.1, 0.15) is 5.82 Å². The van der Waals surface area contributed by atoms with Gasteiger partial charge < -0.3 is 10.3 Å². The first-order valence-electron chi connectivity index (χ1n) is 3.91. The summed E-state index contributed by atoms with van der Waals surface area (Å²) < 4.78 is 15.4. The van der Waals surface area contributed by atoms with Crippen molar-refractivity contribution >= 4 is 28.3 Å². The van der Waals surface area contributed by atoms with Crippen LogP contribution in [-0.2, 0) is 0 Å². The minimum atomic E-state index is -0.275. The number of nitrogen functional groups attached to an aromatic ring is 1. The van der Waals surface area contributed by atoms with Crippen molar-refractivity contribution in [2.75, 3.05) is 5.73 Å². The van der Waals surface area contributed by atoms with E-state index < -0.39 is 0 Å². The van der Waals surface area contributed by atoms with Gasteiger partial charge in [0.15, 0.2) is 0 Å². The second-order valence-electron chi connectivity index (χ2n) is 2.80. The zero-order chi connectivity index (χ0) is 10.1. The summed E-state index contributed by atoms with van der Waals surface area (Å²) in [4.78, 5) is 3.87. The van der Waals surface area contributed by atoms with Crippen LogP contribution in [0.25, 0.3) is 5.69 Å². The van der Waals surface area contributed by atoms with E-state index in [4.69, 9.17) is 5.73 Å². The quantitative estimate of drug-likeness (QED) is 0.648. The van der Waals surface area contributed by atoms with Crippen LogP contribution < -0.4 is 5.73 Å². The van der Waals surface area contributed by atoms with E-state index in [0.717, 1.165) is 0 Å². The van der Waals surface area contributed by atoms with Gasteiger partial charge in [0.25, 0.3) is 0 Å². The maximum Gasteiger partial charge on any atom is 0.138 e. The van der Waals surface area contributed by atoms with Crippen LogP contribution in [0.5, 0.6) is 0 Å². The van der Waals surface area contributed by atoms with E-state index in [0.29, 0.717) is 14.9 Å². The standard InChI is InChI=1S/C9H7FIN3/c10-6-3-9(8(12)4-7(6)11)14-2-1-13-5-14/h1-5H,12H2. The Labute approximate surface area is 93.9 Å². The molecule has 0 atom stereocenters. The lowest BCUT2D eigenvalue weighted by atomic mass is 10.2. The number of aromatic nitrogens is 2. The smallest absolute Gasteiger partial charge is 0.138 e. The van der Waals surface area contributed by atoms with Gasteiger partial charge in [-0.3, -0.25) is 0 Å². The predicted octanol–water partition coefficient (Wildman–Crippen LogP) is 2.20. The normalized spacial score (nSPS) is 10.4. The van der Waals surface area contributed by atoms with E-state index in [1.165, 1.54) is 6.07 Å². The summed E-state index contributed by atoms with van der Waals surface area (Å²) in [5.41, 5.74) is 6.91. The molecule has 1 heterocycles. The lowest BCUT2D eigenvalue weighted by Gasteiger charge is -2.07. The first kappa shape index (κ1) is 9.45. The molecular weight excluding hydrogens is 296 g/mol. The van der Waals surface area contributed by atoms with Crippen molar-refractivity contribution in [2.45, 2.75) is 0 Å². The average Bonchev–Trinajstić information content (AvgIpc) is 2.64. The SMILES string of the molecule is Nc1cc(I)c(F)cc1-n1ccnc1. The van der Waals surface area contributed by atoms with Gasteiger partial charge in [0.05, 0.1) is 21.3 Å². The summed E-state index contributed by atoms with van der Waals surface area (Å²) in [6.45, 7) is 0. The van der Waals surface area contributed by atoms with Crippen molar-refractivity contribution in [3.63, 3.8) is 0 Å². The number of anilines is 1. The third-order valence-electron chi connectivity index (χ3n) is 1.85. The zero-order valence-electron chi connectivity index (χ0n) is 7.11. The number of hydrogen-bond donors (Lipinski definition) is 1. The van der Waals surface area contributed by atoms with Gasteiger partial charge in [-0.25, -0.2) is 9.37 Å². The topological polar surface area (TPSA) is 43.8 Å². The molecule has 2 N–H and O–H groups in total. The van der Waals surface area contributed by atoms with Crippen molar-refractivity contribution in [1.82, 2.24) is 9.55 Å². The van der Waals surface area contributed by atoms with Crippen molar-refractivity contribution in [1.29, 1.82) is 0 Å². The van der Waals surface area contributed by atoms with Gasteiger partial charge in [-0.05, 0) is 28.7 Å². The van der Waals surface area contributed by atoms with Crippen molar-refractivity contribution in [3.8, 4) is 5.69 Å². The van der Waals surface area contributed by atoms with Crippen LogP contribution in [0, 0.1) is 9.39 Å². The van der Waals surface area contributed by atoms with Crippen LogP contribution in [0.4, 0.5) is 10.1 Å². The van der Waals surface area contributed by atoms with Crippen LogP contribution in [0.2, 0.25) is 0 Å². The van der Waals surface area contributed by atoms with Crippen LogP contribution in [0.15, 0.2) is 30.9 Å². The highest BCUT2D eigenvalue weighted by Crippen LogP contribution is 2.22. The fourth-order valence-corrected chi connectivity index (χ4v) is 1.67. The summed E-state index contributed by atoms with van der Waals surface area (Å²) in [7, 11) is 0. The summed E-state index contributed by atoms with van der Waals surface area (Å²) in [5.74, 6) is -0.275. The Hall–Kier alpha value is -1.11. The third-order valence-corrected chi connectivity index (χ3v) is 2.68. The maximum atomic E-state index is 13.3. The van der Waals surface area contributed by atoms with E-state index in [-0.39, 0.29) is 5.82 Å². The van der Waals surface area contributed by atoms with Crippen LogP contribution in [0.1, 0.15) is 0 Å². The molecule has 1 aromatic carbocycles. The van der Waals surface area contributed by atoms with E-state index >= 15 is 0 Å². The van der Waals surface area contributed by atoms with Gasteiger partial charge in [-0.1, -0.05) is 0 Å². The molecule has 14 heavy (non-hydrogen) atoms. The molecule has 0 unspecified atom stereocenters. The molecule has 0 radical (unpaired) electrons. The maximum absolute atomic E-state index is 13.3. The minimum Gasteiger partial charge on any atom is -0.397 e. The molecule has 5 heteroatoms. The van der Waals surface area contributed by atoms with E-state index in [9.17, 15) is 4.39 Å². The Bertz CT molecular complexity index is 453. The van der Waals surface area contributed by atoms with E-state index in [2.05, 4.69) is 4.98 Å². The van der Waals surface area contributed by atoms with Gasteiger partial charge in [-0.15, -0.1) is 0 Å². The Balaban J connectivity index is 2.60. The zero-order valence-corrected chi connectivity index (χ0v) is 9.27. The Morgan fingerprint density at radius 3 is 2.86 bits per heavy atom. The number of imidazole rings is 1. The minimum absolute atomic E-state index is 0.275. The van der Waals surface area contributed by atoms with E-state index in [1.54, 1.807) is 29.4 Å². The van der Waals surface area contributed by atoms with Gasteiger partial charge >= 0.3 is 0 Å². The number of halogens is 2. The lowest BCUT2D eigenvalue weighted by molar-refractivity contribution is 0.619. The van der Waals surface area contributed by atoms with Crippen molar-refractivity contribution < 1.29 is 4.39 Å². The first-order chi connectivity index (χ1) is 6.68. The number of nitrogens with zero attached hydrogens (tertiary/aromatic N) is 2. The van der Waals surface area contributed by atoms with Gasteiger partial charge in [0, 0.05) is 18.5 Å². The molecule has 0 amide bonds. The molecule has 2 rings (SSSR count). The van der Waals surface area contributed by atoms with Crippen molar-refractivity contribution in [2.24, 2.45) is 0 Å². The predicted molar refractivity (Wildman–Crippen MR) is 60.7 cm³/mol. The molecule has 0 aliphatic rings. The summed E-state index contributed by atoms with van der Waals surface area (Å²) in [6, 6.07) is 3.00. The molecule has 0 aliphatic carbocycles. The average molecular weight is 303 g/mol. The summed E-state index contributed by atoms with van der Waals surface area (Å²) >= 11 is 1.90.